The summed E-state index contributed by atoms with van der Waals surface area (Å²) in [6, 6.07) is 5.76. The zero-order valence-corrected chi connectivity index (χ0v) is 15.9. The minimum atomic E-state index is -1.00. The zero-order valence-electron chi connectivity index (χ0n) is 15.9. The first-order valence-corrected chi connectivity index (χ1v) is 9.51. The van der Waals surface area contributed by atoms with Crippen molar-refractivity contribution in [2.24, 2.45) is 5.73 Å². The fourth-order valence-electron chi connectivity index (χ4n) is 3.69. The third-order valence-corrected chi connectivity index (χ3v) is 5.29. The number of nitrogens with zero attached hydrogens (tertiary/aromatic N) is 1. The Labute approximate surface area is 155 Å². The van der Waals surface area contributed by atoms with E-state index in [-0.39, 0.29) is 30.4 Å². The highest BCUT2D eigenvalue weighted by atomic mass is 16.5. The lowest BCUT2D eigenvalue weighted by Gasteiger charge is -2.39. The minimum absolute atomic E-state index is 0.0000598. The molecule has 1 aromatic carbocycles. The highest BCUT2D eigenvalue weighted by molar-refractivity contribution is 6.05. The Morgan fingerprint density at radius 1 is 1.38 bits per heavy atom. The predicted octanol–water partition coefficient (Wildman–Crippen LogP) is 2.66. The van der Waals surface area contributed by atoms with E-state index in [1.165, 1.54) is 4.90 Å². The number of ether oxygens (including phenoxy) is 1. The average Bonchev–Trinajstić information content (AvgIpc) is 3.10. The van der Waals surface area contributed by atoms with Crippen LogP contribution in [-0.4, -0.2) is 30.0 Å². The van der Waals surface area contributed by atoms with Crippen LogP contribution in [0.2, 0.25) is 0 Å². The topological polar surface area (TPSA) is 84.7 Å². The number of nitrogens with one attached hydrogen (secondary N) is 1. The van der Waals surface area contributed by atoms with Gasteiger partial charge < -0.3 is 15.8 Å². The molecule has 0 saturated heterocycles. The van der Waals surface area contributed by atoms with E-state index >= 15 is 0 Å². The van der Waals surface area contributed by atoms with E-state index in [2.05, 4.69) is 5.32 Å². The fourth-order valence-corrected chi connectivity index (χ4v) is 3.69. The summed E-state index contributed by atoms with van der Waals surface area (Å²) in [7, 11) is 0. The number of benzene rings is 1. The first-order valence-electron chi connectivity index (χ1n) is 9.51. The molecule has 2 amide bonds. The number of anilines is 1. The van der Waals surface area contributed by atoms with Crippen LogP contribution in [0.4, 0.5) is 5.69 Å². The third kappa shape index (κ3) is 3.70. The fraction of sp³-hybridized carbons (Fsp3) is 0.600. The van der Waals surface area contributed by atoms with Gasteiger partial charge in [-0.1, -0.05) is 25.8 Å². The van der Waals surface area contributed by atoms with Gasteiger partial charge in [-0.3, -0.25) is 14.5 Å². The number of carbonyl (C=O) groups is 2. The summed E-state index contributed by atoms with van der Waals surface area (Å²) in [5.41, 5.74) is 6.70. The van der Waals surface area contributed by atoms with E-state index < -0.39 is 5.60 Å². The Bertz CT molecular complexity index is 696. The monoisotopic (exact) mass is 359 g/mol. The van der Waals surface area contributed by atoms with E-state index in [4.69, 9.17) is 10.5 Å². The molecule has 0 spiro atoms. The van der Waals surface area contributed by atoms with Gasteiger partial charge in [-0.05, 0) is 50.8 Å². The quantitative estimate of drug-likeness (QED) is 0.846. The molecular formula is C20H29N3O3. The molecule has 0 bridgehead atoms. The molecule has 1 aromatic rings. The molecule has 1 unspecified atom stereocenters. The Morgan fingerprint density at radius 2 is 2.08 bits per heavy atom. The van der Waals surface area contributed by atoms with Gasteiger partial charge in [0.2, 0.25) is 5.91 Å². The lowest BCUT2D eigenvalue weighted by Crippen LogP contribution is -2.55. The molecule has 6 nitrogen and oxygen atoms in total. The molecule has 3 rings (SSSR count). The van der Waals surface area contributed by atoms with Crippen LogP contribution in [0.15, 0.2) is 18.2 Å². The van der Waals surface area contributed by atoms with Crippen molar-refractivity contribution in [1.82, 2.24) is 5.32 Å². The number of nitrogens with two attached hydrogens (primary N) is 1. The van der Waals surface area contributed by atoms with Gasteiger partial charge in [-0.25, -0.2) is 0 Å². The third-order valence-electron chi connectivity index (χ3n) is 5.29. The minimum Gasteiger partial charge on any atom is -0.476 e. The van der Waals surface area contributed by atoms with Crippen molar-refractivity contribution in [2.75, 3.05) is 11.4 Å². The predicted molar refractivity (Wildman–Crippen MR) is 101 cm³/mol. The number of rotatable bonds is 5. The van der Waals surface area contributed by atoms with E-state index in [9.17, 15) is 9.59 Å². The first-order chi connectivity index (χ1) is 12.3. The maximum Gasteiger partial charge on any atom is 0.271 e. The van der Waals surface area contributed by atoms with Crippen LogP contribution in [0.1, 0.15) is 64.5 Å². The molecule has 1 aliphatic heterocycles. The van der Waals surface area contributed by atoms with Gasteiger partial charge in [0.1, 0.15) is 12.3 Å². The Hall–Kier alpha value is -2.08. The van der Waals surface area contributed by atoms with Crippen molar-refractivity contribution in [2.45, 2.75) is 70.6 Å². The summed E-state index contributed by atoms with van der Waals surface area (Å²) in [5.74, 6) is 0.267. The molecule has 1 fully saturated rings. The lowest BCUT2D eigenvalue weighted by atomic mass is 9.99. The molecule has 3 N–H and O–H groups in total. The summed E-state index contributed by atoms with van der Waals surface area (Å²) >= 11 is 0. The summed E-state index contributed by atoms with van der Waals surface area (Å²) in [5, 5.41) is 3.06. The van der Waals surface area contributed by atoms with Crippen LogP contribution in [0, 0.1) is 0 Å². The average molecular weight is 359 g/mol. The van der Waals surface area contributed by atoms with E-state index in [0.29, 0.717) is 11.4 Å². The second-order valence-corrected chi connectivity index (χ2v) is 7.79. The van der Waals surface area contributed by atoms with E-state index in [0.717, 1.165) is 37.7 Å². The van der Waals surface area contributed by atoms with Crippen molar-refractivity contribution >= 4 is 17.5 Å². The van der Waals surface area contributed by atoms with Crippen LogP contribution in [0.3, 0.4) is 0 Å². The molecule has 1 aliphatic carbocycles. The van der Waals surface area contributed by atoms with E-state index in [1.807, 2.05) is 25.1 Å². The van der Waals surface area contributed by atoms with Gasteiger partial charge >= 0.3 is 0 Å². The zero-order chi connectivity index (χ0) is 18.9. The first kappa shape index (κ1) is 18.7. The molecule has 2 aliphatic rings. The molecule has 1 heterocycles. The Balaban J connectivity index is 1.87. The van der Waals surface area contributed by atoms with Crippen LogP contribution < -0.4 is 20.7 Å². The number of carbonyl (C=O) groups excluding carboxylic acids is 2. The van der Waals surface area contributed by atoms with Gasteiger partial charge in [0.25, 0.3) is 5.91 Å². The highest BCUT2D eigenvalue weighted by Crippen LogP contribution is 2.39. The van der Waals surface area contributed by atoms with Crippen molar-refractivity contribution in [3.63, 3.8) is 0 Å². The standard InChI is InChI=1S/C20H29N3O3/c1-4-15(21)13-9-10-17-16(11-13)23(19(25)20(2,3)26-17)12-18(24)22-14-7-5-6-8-14/h9-11,14-15H,4-8,12,21H2,1-3H3,(H,22,24). The lowest BCUT2D eigenvalue weighted by molar-refractivity contribution is -0.134. The molecule has 1 saturated carbocycles. The Morgan fingerprint density at radius 3 is 2.73 bits per heavy atom. The second-order valence-electron chi connectivity index (χ2n) is 7.79. The number of hydrogen-bond acceptors (Lipinski definition) is 4. The molecule has 0 radical (unpaired) electrons. The number of fused-ring (bicyclic) bond motifs is 1. The van der Waals surface area contributed by atoms with Gasteiger partial charge in [0, 0.05) is 12.1 Å². The summed E-state index contributed by atoms with van der Waals surface area (Å²) < 4.78 is 5.88. The SMILES string of the molecule is CCC(N)c1ccc2c(c1)N(CC(=O)NC1CCCC1)C(=O)C(C)(C)O2. The van der Waals surface area contributed by atoms with Crippen LogP contribution in [0.25, 0.3) is 0 Å². The van der Waals surface area contributed by atoms with Crippen molar-refractivity contribution in [3.05, 3.63) is 23.8 Å². The van der Waals surface area contributed by atoms with Crippen LogP contribution >= 0.6 is 0 Å². The maximum atomic E-state index is 12.9. The maximum absolute atomic E-state index is 12.9. The molecule has 142 valence electrons. The number of hydrogen-bond donors (Lipinski definition) is 2. The molecule has 26 heavy (non-hydrogen) atoms. The summed E-state index contributed by atoms with van der Waals surface area (Å²) in [6.07, 6.45) is 5.12. The van der Waals surface area contributed by atoms with Gasteiger partial charge in [0.05, 0.1) is 5.69 Å². The summed E-state index contributed by atoms with van der Waals surface area (Å²) in [6.45, 7) is 5.47. The molecule has 1 atom stereocenters. The largest absolute Gasteiger partial charge is 0.476 e. The molecule has 0 aromatic heterocycles. The molecular weight excluding hydrogens is 330 g/mol. The highest BCUT2D eigenvalue weighted by Gasteiger charge is 2.42. The number of amides is 2. The Kier molecular flexibility index (Phi) is 5.23. The van der Waals surface area contributed by atoms with Gasteiger partial charge in [0.15, 0.2) is 5.60 Å². The summed E-state index contributed by atoms with van der Waals surface area (Å²) in [4.78, 5) is 27.0. The van der Waals surface area contributed by atoms with E-state index in [1.54, 1.807) is 13.8 Å². The van der Waals surface area contributed by atoms with Crippen molar-refractivity contribution < 1.29 is 14.3 Å². The second kappa shape index (κ2) is 7.27. The smallest absolute Gasteiger partial charge is 0.271 e. The van der Waals surface area contributed by atoms with Gasteiger partial charge in [-0.2, -0.15) is 0 Å². The van der Waals surface area contributed by atoms with Crippen molar-refractivity contribution in [3.8, 4) is 5.75 Å². The van der Waals surface area contributed by atoms with Crippen LogP contribution in [-0.2, 0) is 9.59 Å². The van der Waals surface area contributed by atoms with Crippen LogP contribution in [0.5, 0.6) is 5.75 Å². The van der Waals surface area contributed by atoms with Crippen molar-refractivity contribution in [1.29, 1.82) is 0 Å². The normalized spacial score (nSPS) is 20.5. The molecule has 6 heteroatoms. The van der Waals surface area contributed by atoms with Gasteiger partial charge in [-0.15, -0.1) is 0 Å².